The monoisotopic (exact) mass is 388 g/mol. The molecule has 2 aromatic heterocycles. The normalized spacial score (nSPS) is 12.5. The van der Waals surface area contributed by atoms with Crippen LogP contribution in [0.15, 0.2) is 91.0 Å². The Balaban J connectivity index is 1.75. The average molecular weight is 389 g/mol. The zero-order chi connectivity index (χ0) is 20.5. The van der Waals surface area contributed by atoms with Crippen LogP contribution in [-0.4, -0.2) is 9.13 Å². The molecule has 0 saturated carbocycles. The van der Waals surface area contributed by atoms with Crippen molar-refractivity contribution in [3.8, 4) is 5.69 Å². The number of para-hydroxylation sites is 3. The highest BCUT2D eigenvalue weighted by atomic mass is 15.1. The molecule has 6 rings (SSSR count). The van der Waals surface area contributed by atoms with E-state index in [2.05, 4.69) is 121 Å². The van der Waals surface area contributed by atoms with E-state index in [1.54, 1.807) is 0 Å². The maximum absolute atomic E-state index is 2.47. The third kappa shape index (κ3) is 2.31. The van der Waals surface area contributed by atoms with Gasteiger partial charge in [0.15, 0.2) is 0 Å². The number of hydrogen-bond donors (Lipinski definition) is 0. The Morgan fingerprint density at radius 2 is 0.967 bits per heavy atom. The molecular weight excluding hydrogens is 364 g/mol. The average Bonchev–Trinajstić information content (AvgIpc) is 3.26. The van der Waals surface area contributed by atoms with Crippen molar-refractivity contribution in [2.75, 3.05) is 0 Å². The zero-order valence-electron chi connectivity index (χ0n) is 17.6. The molecular formula is C28H24N2. The van der Waals surface area contributed by atoms with Gasteiger partial charge in [-0.1, -0.05) is 54.6 Å². The van der Waals surface area contributed by atoms with Crippen molar-refractivity contribution in [1.29, 1.82) is 0 Å². The van der Waals surface area contributed by atoms with Crippen LogP contribution in [0.2, 0.25) is 0 Å². The molecule has 0 saturated heterocycles. The second-order valence-corrected chi connectivity index (χ2v) is 9.09. The molecule has 0 unspecified atom stereocenters. The van der Waals surface area contributed by atoms with Crippen molar-refractivity contribution in [1.82, 2.24) is 9.13 Å². The van der Waals surface area contributed by atoms with E-state index in [1.807, 2.05) is 0 Å². The zero-order valence-corrected chi connectivity index (χ0v) is 17.6. The highest BCUT2D eigenvalue weighted by Gasteiger charge is 2.21. The van der Waals surface area contributed by atoms with Crippen LogP contribution in [0.1, 0.15) is 20.8 Å². The molecule has 30 heavy (non-hydrogen) atoms. The van der Waals surface area contributed by atoms with E-state index in [4.69, 9.17) is 0 Å². The van der Waals surface area contributed by atoms with Crippen LogP contribution in [0.3, 0.4) is 0 Å². The smallest absolute Gasteiger partial charge is 0.0541 e. The maximum Gasteiger partial charge on any atom is 0.0541 e. The van der Waals surface area contributed by atoms with E-state index < -0.39 is 0 Å². The molecule has 0 bridgehead atoms. The van der Waals surface area contributed by atoms with Crippen molar-refractivity contribution in [2.45, 2.75) is 26.3 Å². The molecule has 0 atom stereocenters. The summed E-state index contributed by atoms with van der Waals surface area (Å²) in [5.74, 6) is 0. The molecule has 2 nitrogen and oxygen atoms in total. The first-order valence-corrected chi connectivity index (χ1v) is 10.6. The van der Waals surface area contributed by atoms with E-state index in [1.165, 1.54) is 49.3 Å². The fourth-order valence-electron chi connectivity index (χ4n) is 5.02. The van der Waals surface area contributed by atoms with E-state index in [9.17, 15) is 0 Å². The van der Waals surface area contributed by atoms with Crippen molar-refractivity contribution >= 4 is 43.6 Å². The lowest BCUT2D eigenvalue weighted by molar-refractivity contribution is 0.423. The van der Waals surface area contributed by atoms with Gasteiger partial charge in [-0.05, 0) is 57.2 Å². The van der Waals surface area contributed by atoms with Gasteiger partial charge in [-0.15, -0.1) is 0 Å². The van der Waals surface area contributed by atoms with E-state index >= 15 is 0 Å². The van der Waals surface area contributed by atoms with Crippen LogP contribution < -0.4 is 0 Å². The SMILES string of the molecule is CC(C)(C)n1c2ccccc2c2cc(-n3c4ccccc4c4ccccc43)ccc21. The third-order valence-electron chi connectivity index (χ3n) is 6.17. The lowest BCUT2D eigenvalue weighted by Crippen LogP contribution is -2.21. The predicted molar refractivity (Wildman–Crippen MR) is 129 cm³/mol. The van der Waals surface area contributed by atoms with Crippen molar-refractivity contribution in [3.63, 3.8) is 0 Å². The van der Waals surface area contributed by atoms with Gasteiger partial charge in [0.25, 0.3) is 0 Å². The molecule has 0 radical (unpaired) electrons. The molecule has 146 valence electrons. The first-order valence-electron chi connectivity index (χ1n) is 10.6. The van der Waals surface area contributed by atoms with Crippen LogP contribution in [0.4, 0.5) is 0 Å². The minimum absolute atomic E-state index is 0.00964. The van der Waals surface area contributed by atoms with Gasteiger partial charge in [-0.3, -0.25) is 0 Å². The minimum Gasteiger partial charge on any atom is -0.335 e. The Morgan fingerprint density at radius 3 is 1.53 bits per heavy atom. The van der Waals surface area contributed by atoms with Crippen molar-refractivity contribution in [3.05, 3.63) is 91.0 Å². The molecule has 0 aliphatic heterocycles. The van der Waals surface area contributed by atoms with E-state index in [0.717, 1.165) is 0 Å². The molecule has 2 heterocycles. The Kier molecular flexibility index (Phi) is 3.47. The lowest BCUT2D eigenvalue weighted by Gasteiger charge is -2.24. The largest absolute Gasteiger partial charge is 0.335 e. The number of rotatable bonds is 1. The van der Waals surface area contributed by atoms with Crippen LogP contribution in [0.25, 0.3) is 49.3 Å². The van der Waals surface area contributed by atoms with Gasteiger partial charge >= 0.3 is 0 Å². The number of benzene rings is 4. The molecule has 6 aromatic rings. The van der Waals surface area contributed by atoms with Crippen LogP contribution in [-0.2, 0) is 5.54 Å². The molecule has 0 fully saturated rings. The van der Waals surface area contributed by atoms with Gasteiger partial charge in [0.05, 0.1) is 11.0 Å². The third-order valence-corrected chi connectivity index (χ3v) is 6.17. The van der Waals surface area contributed by atoms with Gasteiger partial charge in [0.1, 0.15) is 0 Å². The van der Waals surface area contributed by atoms with Crippen molar-refractivity contribution < 1.29 is 0 Å². The summed E-state index contributed by atoms with van der Waals surface area (Å²) in [5.41, 5.74) is 6.29. The standard InChI is InChI=1S/C28H24N2/c1-28(2,3)30-26-15-9-6-12-22(26)23-18-19(16-17-27(23)30)29-24-13-7-4-10-20(24)21-11-5-8-14-25(21)29/h4-18H,1-3H3. The second kappa shape index (κ2) is 5.99. The molecule has 0 amide bonds. The minimum atomic E-state index is 0.00964. The quantitative estimate of drug-likeness (QED) is 0.274. The molecule has 0 aliphatic rings. The number of nitrogens with zero attached hydrogens (tertiary/aromatic N) is 2. The summed E-state index contributed by atoms with van der Waals surface area (Å²) in [4.78, 5) is 0. The summed E-state index contributed by atoms with van der Waals surface area (Å²) < 4.78 is 4.86. The summed E-state index contributed by atoms with van der Waals surface area (Å²) in [7, 11) is 0. The van der Waals surface area contributed by atoms with Gasteiger partial charge in [-0.25, -0.2) is 0 Å². The summed E-state index contributed by atoms with van der Waals surface area (Å²) >= 11 is 0. The first kappa shape index (κ1) is 17.3. The highest BCUT2D eigenvalue weighted by Crippen LogP contribution is 2.37. The lowest BCUT2D eigenvalue weighted by atomic mass is 10.1. The summed E-state index contributed by atoms with van der Waals surface area (Å²) in [5, 5.41) is 5.21. The molecule has 0 aliphatic carbocycles. The molecule has 0 spiro atoms. The highest BCUT2D eigenvalue weighted by molar-refractivity contribution is 6.11. The summed E-state index contributed by atoms with van der Waals surface area (Å²) in [6.07, 6.45) is 0. The van der Waals surface area contributed by atoms with Gasteiger partial charge in [0, 0.05) is 43.8 Å². The summed E-state index contributed by atoms with van der Waals surface area (Å²) in [6.45, 7) is 6.83. The fourth-order valence-corrected chi connectivity index (χ4v) is 5.02. The van der Waals surface area contributed by atoms with E-state index in [0.29, 0.717) is 0 Å². The fraction of sp³-hybridized carbons (Fsp3) is 0.143. The van der Waals surface area contributed by atoms with Gasteiger partial charge in [-0.2, -0.15) is 0 Å². The van der Waals surface area contributed by atoms with Gasteiger partial charge in [0.2, 0.25) is 0 Å². The summed E-state index contributed by atoms with van der Waals surface area (Å²) in [6, 6.07) is 33.1. The Hall–Kier alpha value is -3.52. The van der Waals surface area contributed by atoms with Gasteiger partial charge < -0.3 is 9.13 Å². The first-order chi connectivity index (χ1) is 14.5. The number of hydrogen-bond acceptors (Lipinski definition) is 0. The molecule has 2 heteroatoms. The molecule has 4 aromatic carbocycles. The van der Waals surface area contributed by atoms with Crippen LogP contribution >= 0.6 is 0 Å². The Morgan fingerprint density at radius 1 is 0.500 bits per heavy atom. The maximum atomic E-state index is 2.47. The van der Waals surface area contributed by atoms with Crippen LogP contribution in [0.5, 0.6) is 0 Å². The predicted octanol–water partition coefficient (Wildman–Crippen LogP) is 7.65. The Bertz CT molecular complexity index is 1520. The van der Waals surface area contributed by atoms with Crippen LogP contribution in [0, 0.1) is 0 Å². The topological polar surface area (TPSA) is 9.86 Å². The van der Waals surface area contributed by atoms with E-state index in [-0.39, 0.29) is 5.54 Å². The molecule has 0 N–H and O–H groups in total. The Labute approximate surface area is 176 Å². The number of aromatic nitrogens is 2. The van der Waals surface area contributed by atoms with Crippen molar-refractivity contribution in [2.24, 2.45) is 0 Å². The second-order valence-electron chi connectivity index (χ2n) is 9.09. The number of fused-ring (bicyclic) bond motifs is 6.